The molecule has 21 heavy (non-hydrogen) atoms. The number of hydrogen-bond acceptors (Lipinski definition) is 2. The molecule has 0 N–H and O–H groups in total. The van der Waals surface area contributed by atoms with E-state index >= 15 is 0 Å². The molecule has 2 saturated heterocycles. The van der Waals surface area contributed by atoms with Crippen molar-refractivity contribution in [2.75, 3.05) is 26.2 Å². The molecule has 3 heteroatoms. The Morgan fingerprint density at radius 2 is 1.14 bits per heavy atom. The van der Waals surface area contributed by atoms with Gasteiger partial charge in [0.15, 0.2) is 0 Å². The Morgan fingerprint density at radius 3 is 1.57 bits per heavy atom. The lowest BCUT2D eigenvalue weighted by Crippen LogP contribution is -2.30. The van der Waals surface area contributed by atoms with Gasteiger partial charge in [0, 0.05) is 17.6 Å². The smallest absolute Gasteiger partial charge is 0.0265 e. The summed E-state index contributed by atoms with van der Waals surface area (Å²) in [5.74, 6) is 0. The summed E-state index contributed by atoms with van der Waals surface area (Å²) in [4.78, 5) is 5.21. The molecule has 2 aliphatic rings. The quantitative estimate of drug-likeness (QED) is 0.792. The van der Waals surface area contributed by atoms with Crippen LogP contribution in [-0.2, 0) is 13.1 Å². The van der Waals surface area contributed by atoms with Crippen LogP contribution in [0.15, 0.2) is 22.7 Å². The van der Waals surface area contributed by atoms with Crippen LogP contribution < -0.4 is 0 Å². The standard InChI is InChI=1S/C18H27BrN2/c19-18-16(14-20-10-3-1-4-11-20)8-7-9-17(18)15-21-12-5-2-6-13-21/h7-9H,1-6,10-15H2. The van der Waals surface area contributed by atoms with Crippen LogP contribution in [0.2, 0.25) is 0 Å². The van der Waals surface area contributed by atoms with Crippen molar-refractivity contribution in [1.29, 1.82) is 0 Å². The third-order valence-corrected chi connectivity index (χ3v) is 5.86. The molecule has 1 aromatic carbocycles. The lowest BCUT2D eigenvalue weighted by atomic mass is 10.1. The van der Waals surface area contributed by atoms with Crippen LogP contribution in [0.1, 0.15) is 49.7 Å². The summed E-state index contributed by atoms with van der Waals surface area (Å²) in [5.41, 5.74) is 2.93. The number of nitrogens with zero attached hydrogens (tertiary/aromatic N) is 2. The van der Waals surface area contributed by atoms with E-state index in [1.165, 1.54) is 80.3 Å². The molecule has 2 heterocycles. The fourth-order valence-corrected chi connectivity index (χ4v) is 4.11. The second kappa shape index (κ2) is 7.75. The summed E-state index contributed by atoms with van der Waals surface area (Å²) in [6.07, 6.45) is 8.28. The number of likely N-dealkylation sites (tertiary alicyclic amines) is 2. The molecule has 0 aliphatic carbocycles. The molecule has 0 radical (unpaired) electrons. The Bertz CT molecular complexity index is 410. The zero-order valence-corrected chi connectivity index (χ0v) is 14.6. The fraction of sp³-hybridized carbons (Fsp3) is 0.667. The van der Waals surface area contributed by atoms with Gasteiger partial charge in [-0.15, -0.1) is 0 Å². The molecular weight excluding hydrogens is 324 g/mol. The van der Waals surface area contributed by atoms with E-state index < -0.39 is 0 Å². The van der Waals surface area contributed by atoms with Gasteiger partial charge < -0.3 is 0 Å². The summed E-state index contributed by atoms with van der Waals surface area (Å²) in [7, 11) is 0. The molecule has 2 nitrogen and oxygen atoms in total. The first-order valence-electron chi connectivity index (χ1n) is 8.54. The van der Waals surface area contributed by atoms with Crippen molar-refractivity contribution < 1.29 is 0 Å². The van der Waals surface area contributed by atoms with Gasteiger partial charge in [0.25, 0.3) is 0 Å². The van der Waals surface area contributed by atoms with Crippen molar-refractivity contribution in [2.24, 2.45) is 0 Å². The molecule has 2 aliphatic heterocycles. The molecule has 0 unspecified atom stereocenters. The van der Waals surface area contributed by atoms with Crippen LogP contribution in [0, 0.1) is 0 Å². The highest BCUT2D eigenvalue weighted by Gasteiger charge is 2.16. The summed E-state index contributed by atoms with van der Waals surface area (Å²) in [5, 5.41) is 0. The minimum atomic E-state index is 1.11. The van der Waals surface area contributed by atoms with Crippen molar-refractivity contribution in [3.63, 3.8) is 0 Å². The number of hydrogen-bond donors (Lipinski definition) is 0. The molecule has 1 aromatic rings. The van der Waals surface area contributed by atoms with E-state index in [0.717, 1.165) is 13.1 Å². The van der Waals surface area contributed by atoms with Crippen molar-refractivity contribution in [3.8, 4) is 0 Å². The Labute approximate surface area is 137 Å². The van der Waals surface area contributed by atoms with Gasteiger partial charge in [-0.3, -0.25) is 9.80 Å². The van der Waals surface area contributed by atoms with Crippen molar-refractivity contribution >= 4 is 15.9 Å². The van der Waals surface area contributed by atoms with E-state index in [2.05, 4.69) is 43.9 Å². The van der Waals surface area contributed by atoms with Gasteiger partial charge in [0.2, 0.25) is 0 Å². The third kappa shape index (κ3) is 4.30. The Balaban J connectivity index is 1.65. The molecule has 116 valence electrons. The number of rotatable bonds is 4. The monoisotopic (exact) mass is 350 g/mol. The first-order chi connectivity index (χ1) is 10.3. The maximum Gasteiger partial charge on any atom is 0.0265 e. The third-order valence-electron chi connectivity index (χ3n) is 4.84. The molecular formula is C18H27BrN2. The number of halogens is 1. The molecule has 3 rings (SSSR count). The maximum absolute atomic E-state index is 3.88. The van der Waals surface area contributed by atoms with E-state index in [9.17, 15) is 0 Å². The molecule has 0 aromatic heterocycles. The van der Waals surface area contributed by atoms with Crippen LogP contribution in [0.4, 0.5) is 0 Å². The van der Waals surface area contributed by atoms with Crippen molar-refractivity contribution in [2.45, 2.75) is 51.6 Å². The fourth-order valence-electron chi connectivity index (χ4n) is 3.59. The van der Waals surface area contributed by atoms with E-state index in [1.54, 1.807) is 0 Å². The lowest BCUT2D eigenvalue weighted by molar-refractivity contribution is 0.217. The van der Waals surface area contributed by atoms with Crippen LogP contribution in [0.3, 0.4) is 0 Å². The molecule has 0 saturated carbocycles. The predicted molar refractivity (Wildman–Crippen MR) is 92.4 cm³/mol. The largest absolute Gasteiger partial charge is 0.299 e. The average molecular weight is 351 g/mol. The topological polar surface area (TPSA) is 6.48 Å². The second-order valence-corrected chi connectivity index (χ2v) is 7.36. The van der Waals surface area contributed by atoms with E-state index in [-0.39, 0.29) is 0 Å². The van der Waals surface area contributed by atoms with Crippen LogP contribution in [0.5, 0.6) is 0 Å². The Hall–Kier alpha value is -0.380. The van der Waals surface area contributed by atoms with E-state index in [0.29, 0.717) is 0 Å². The van der Waals surface area contributed by atoms with Crippen molar-refractivity contribution in [3.05, 3.63) is 33.8 Å². The molecule has 0 atom stereocenters. The molecule has 0 amide bonds. The van der Waals surface area contributed by atoms with Gasteiger partial charge in [-0.2, -0.15) is 0 Å². The highest BCUT2D eigenvalue weighted by atomic mass is 79.9. The lowest BCUT2D eigenvalue weighted by Gasteiger charge is -2.29. The van der Waals surface area contributed by atoms with Gasteiger partial charge >= 0.3 is 0 Å². The van der Waals surface area contributed by atoms with Crippen molar-refractivity contribution in [1.82, 2.24) is 9.80 Å². The molecule has 0 bridgehead atoms. The second-order valence-electron chi connectivity index (χ2n) is 6.56. The normalized spacial score (nSPS) is 21.6. The van der Waals surface area contributed by atoms with Crippen LogP contribution in [-0.4, -0.2) is 36.0 Å². The predicted octanol–water partition coefficient (Wildman–Crippen LogP) is 4.42. The first-order valence-corrected chi connectivity index (χ1v) is 9.33. The summed E-state index contributed by atoms with van der Waals surface area (Å²) < 4.78 is 1.35. The highest BCUT2D eigenvalue weighted by molar-refractivity contribution is 9.10. The maximum atomic E-state index is 3.88. The summed E-state index contributed by atoms with van der Waals surface area (Å²) in [6, 6.07) is 6.82. The van der Waals surface area contributed by atoms with Crippen LogP contribution in [0.25, 0.3) is 0 Å². The minimum Gasteiger partial charge on any atom is -0.299 e. The zero-order chi connectivity index (χ0) is 14.5. The number of piperidine rings is 2. The Kier molecular flexibility index (Phi) is 5.73. The van der Waals surface area contributed by atoms with Gasteiger partial charge in [-0.05, 0) is 63.0 Å². The minimum absolute atomic E-state index is 1.11. The molecule has 2 fully saturated rings. The van der Waals surface area contributed by atoms with Crippen LogP contribution >= 0.6 is 15.9 Å². The Morgan fingerprint density at radius 1 is 0.714 bits per heavy atom. The first kappa shape index (κ1) is 15.5. The average Bonchev–Trinajstić information content (AvgIpc) is 2.53. The number of benzene rings is 1. The van der Waals surface area contributed by atoms with Gasteiger partial charge in [0.1, 0.15) is 0 Å². The summed E-state index contributed by atoms with van der Waals surface area (Å²) in [6.45, 7) is 7.28. The zero-order valence-electron chi connectivity index (χ0n) is 13.0. The summed E-state index contributed by atoms with van der Waals surface area (Å²) >= 11 is 3.88. The highest BCUT2D eigenvalue weighted by Crippen LogP contribution is 2.26. The van der Waals surface area contributed by atoms with Gasteiger partial charge in [0.05, 0.1) is 0 Å². The SMILES string of the molecule is Brc1c(CN2CCCCC2)cccc1CN1CCCCC1. The molecule has 0 spiro atoms. The van der Waals surface area contributed by atoms with Gasteiger partial charge in [-0.1, -0.05) is 47.0 Å². The van der Waals surface area contributed by atoms with E-state index in [1.807, 2.05) is 0 Å². The van der Waals surface area contributed by atoms with E-state index in [4.69, 9.17) is 0 Å². The van der Waals surface area contributed by atoms with Gasteiger partial charge in [-0.25, -0.2) is 0 Å².